The number of ether oxygens (including phenoxy) is 1. The van der Waals surface area contributed by atoms with Crippen molar-refractivity contribution in [3.63, 3.8) is 0 Å². The topological polar surface area (TPSA) is 9.23 Å². The summed E-state index contributed by atoms with van der Waals surface area (Å²) in [6.07, 6.45) is 14.8. The molecule has 0 amide bonds. The fraction of sp³-hybridized carbons (Fsp3) is 0.517. The zero-order valence-electron chi connectivity index (χ0n) is 19.7. The summed E-state index contributed by atoms with van der Waals surface area (Å²) >= 11 is 0. The van der Waals surface area contributed by atoms with Gasteiger partial charge in [0.15, 0.2) is 11.6 Å². The van der Waals surface area contributed by atoms with Gasteiger partial charge in [-0.25, -0.2) is 4.39 Å². The standard InChI is InChI=1S/C29H38F2O/c1-3-5-21-32-27-20-19-26(28(30)29(27)31)25-17-15-24(16-18-25)10-7-6-9-23-13-11-22(8-4-2)12-14-23/h7,10-14,19-20,24-25H,3-6,8-9,15-18,21H2,1-2H3. The minimum Gasteiger partial charge on any atom is -0.490 e. The third-order valence-electron chi connectivity index (χ3n) is 6.61. The van der Waals surface area contributed by atoms with Gasteiger partial charge in [0.05, 0.1) is 6.61 Å². The Morgan fingerprint density at radius 1 is 0.844 bits per heavy atom. The molecule has 0 heterocycles. The summed E-state index contributed by atoms with van der Waals surface area (Å²) in [6.45, 7) is 4.68. The van der Waals surface area contributed by atoms with Crippen LogP contribution in [0.5, 0.6) is 5.75 Å². The Bertz CT molecular complexity index is 848. The summed E-state index contributed by atoms with van der Waals surface area (Å²) in [4.78, 5) is 0. The van der Waals surface area contributed by atoms with Crippen LogP contribution in [0.4, 0.5) is 8.78 Å². The Morgan fingerprint density at radius 3 is 2.19 bits per heavy atom. The molecule has 0 unspecified atom stereocenters. The average Bonchev–Trinajstić information content (AvgIpc) is 2.81. The molecule has 0 N–H and O–H groups in total. The molecule has 0 spiro atoms. The van der Waals surface area contributed by atoms with E-state index in [0.717, 1.165) is 57.8 Å². The molecule has 2 aromatic rings. The number of allylic oxidation sites excluding steroid dienone is 2. The fourth-order valence-corrected chi connectivity index (χ4v) is 4.62. The van der Waals surface area contributed by atoms with Crippen LogP contribution in [0.1, 0.15) is 87.8 Å². The molecule has 0 saturated heterocycles. The summed E-state index contributed by atoms with van der Waals surface area (Å²) in [5, 5.41) is 0. The minimum absolute atomic E-state index is 0.0383. The van der Waals surface area contributed by atoms with Crippen LogP contribution in [0.3, 0.4) is 0 Å². The van der Waals surface area contributed by atoms with Crippen molar-refractivity contribution in [1.82, 2.24) is 0 Å². The first-order valence-corrected chi connectivity index (χ1v) is 12.5. The van der Waals surface area contributed by atoms with Gasteiger partial charge in [-0.05, 0) is 86.0 Å². The maximum atomic E-state index is 14.7. The van der Waals surface area contributed by atoms with Gasteiger partial charge >= 0.3 is 0 Å². The van der Waals surface area contributed by atoms with Crippen molar-refractivity contribution >= 4 is 0 Å². The fourth-order valence-electron chi connectivity index (χ4n) is 4.62. The van der Waals surface area contributed by atoms with Gasteiger partial charge in [0.2, 0.25) is 5.82 Å². The maximum absolute atomic E-state index is 14.7. The van der Waals surface area contributed by atoms with E-state index in [-0.39, 0.29) is 11.7 Å². The van der Waals surface area contributed by atoms with Gasteiger partial charge in [-0.2, -0.15) is 4.39 Å². The van der Waals surface area contributed by atoms with E-state index in [2.05, 4.69) is 43.3 Å². The van der Waals surface area contributed by atoms with Crippen LogP contribution in [0.25, 0.3) is 0 Å². The number of hydrogen-bond acceptors (Lipinski definition) is 1. The number of benzene rings is 2. The monoisotopic (exact) mass is 440 g/mol. The maximum Gasteiger partial charge on any atom is 0.200 e. The van der Waals surface area contributed by atoms with Crippen LogP contribution in [0, 0.1) is 17.6 Å². The highest BCUT2D eigenvalue weighted by atomic mass is 19.2. The van der Waals surface area contributed by atoms with E-state index in [1.807, 2.05) is 6.92 Å². The molecule has 0 aliphatic heterocycles. The summed E-state index contributed by atoms with van der Waals surface area (Å²) < 4.78 is 34.5. The third kappa shape index (κ3) is 6.92. The molecule has 0 radical (unpaired) electrons. The molecule has 0 aromatic heterocycles. The number of unbranched alkanes of at least 4 members (excludes halogenated alkanes) is 1. The molecule has 1 nitrogen and oxygen atoms in total. The molecule has 0 bridgehead atoms. The van der Waals surface area contributed by atoms with E-state index < -0.39 is 11.6 Å². The number of rotatable bonds is 11. The second kappa shape index (κ2) is 12.8. The van der Waals surface area contributed by atoms with E-state index in [0.29, 0.717) is 18.1 Å². The quantitative estimate of drug-likeness (QED) is 0.251. The van der Waals surface area contributed by atoms with Crippen molar-refractivity contribution < 1.29 is 13.5 Å². The van der Waals surface area contributed by atoms with Crippen molar-refractivity contribution in [2.75, 3.05) is 6.61 Å². The number of hydrogen-bond donors (Lipinski definition) is 0. The molecule has 0 atom stereocenters. The van der Waals surface area contributed by atoms with E-state index in [1.165, 1.54) is 17.5 Å². The molecule has 1 fully saturated rings. The zero-order valence-corrected chi connectivity index (χ0v) is 19.7. The number of aryl methyl sites for hydroxylation is 2. The Hall–Kier alpha value is -2.16. The lowest BCUT2D eigenvalue weighted by Crippen LogP contribution is -2.14. The van der Waals surface area contributed by atoms with Crippen LogP contribution in [0.2, 0.25) is 0 Å². The van der Waals surface area contributed by atoms with E-state index in [9.17, 15) is 8.78 Å². The van der Waals surface area contributed by atoms with E-state index >= 15 is 0 Å². The Morgan fingerprint density at radius 2 is 1.53 bits per heavy atom. The molecule has 3 heteroatoms. The smallest absolute Gasteiger partial charge is 0.200 e. The lowest BCUT2D eigenvalue weighted by molar-refractivity contribution is 0.286. The third-order valence-corrected chi connectivity index (χ3v) is 6.61. The lowest BCUT2D eigenvalue weighted by Gasteiger charge is -2.27. The van der Waals surface area contributed by atoms with Crippen LogP contribution in [-0.2, 0) is 12.8 Å². The first-order valence-electron chi connectivity index (χ1n) is 12.5. The van der Waals surface area contributed by atoms with Gasteiger partial charge in [-0.1, -0.05) is 69.2 Å². The van der Waals surface area contributed by atoms with Gasteiger partial charge in [-0.3, -0.25) is 0 Å². The van der Waals surface area contributed by atoms with Gasteiger partial charge in [0.1, 0.15) is 0 Å². The van der Waals surface area contributed by atoms with Crippen molar-refractivity contribution in [2.45, 2.75) is 84.0 Å². The Labute approximate surface area is 192 Å². The summed E-state index contributed by atoms with van der Waals surface area (Å²) in [6, 6.07) is 12.3. The van der Waals surface area contributed by atoms with E-state index in [4.69, 9.17) is 4.74 Å². The van der Waals surface area contributed by atoms with Crippen molar-refractivity contribution in [3.8, 4) is 5.75 Å². The Kier molecular flexibility index (Phi) is 9.77. The number of halogens is 2. The average molecular weight is 441 g/mol. The molecule has 174 valence electrons. The molecular weight excluding hydrogens is 402 g/mol. The zero-order chi connectivity index (χ0) is 22.8. The highest BCUT2D eigenvalue weighted by molar-refractivity contribution is 5.33. The van der Waals surface area contributed by atoms with Gasteiger partial charge in [0, 0.05) is 0 Å². The molecule has 3 rings (SSSR count). The first-order chi connectivity index (χ1) is 15.6. The van der Waals surface area contributed by atoms with Crippen molar-refractivity contribution in [2.24, 2.45) is 5.92 Å². The lowest BCUT2D eigenvalue weighted by atomic mass is 9.78. The largest absolute Gasteiger partial charge is 0.490 e. The highest BCUT2D eigenvalue weighted by Gasteiger charge is 2.25. The van der Waals surface area contributed by atoms with Gasteiger partial charge in [-0.15, -0.1) is 0 Å². The van der Waals surface area contributed by atoms with Crippen LogP contribution < -0.4 is 4.74 Å². The van der Waals surface area contributed by atoms with Crippen LogP contribution in [-0.4, -0.2) is 6.61 Å². The minimum atomic E-state index is -0.830. The predicted molar refractivity (Wildman–Crippen MR) is 129 cm³/mol. The van der Waals surface area contributed by atoms with Crippen LogP contribution >= 0.6 is 0 Å². The highest BCUT2D eigenvalue weighted by Crippen LogP contribution is 2.39. The first kappa shape index (κ1) is 24.5. The molecule has 2 aromatic carbocycles. The van der Waals surface area contributed by atoms with Crippen molar-refractivity contribution in [3.05, 3.63) is 76.9 Å². The second-order valence-corrected chi connectivity index (χ2v) is 9.13. The summed E-state index contributed by atoms with van der Waals surface area (Å²) in [5.74, 6) is -0.870. The normalized spacial score (nSPS) is 18.9. The predicted octanol–water partition coefficient (Wildman–Crippen LogP) is 8.56. The molecule has 1 aliphatic carbocycles. The summed E-state index contributed by atoms with van der Waals surface area (Å²) in [7, 11) is 0. The van der Waals surface area contributed by atoms with Crippen LogP contribution in [0.15, 0.2) is 48.6 Å². The van der Waals surface area contributed by atoms with Gasteiger partial charge < -0.3 is 4.74 Å². The second-order valence-electron chi connectivity index (χ2n) is 9.13. The molecular formula is C29H38F2O. The molecule has 1 saturated carbocycles. The molecule has 32 heavy (non-hydrogen) atoms. The molecule has 1 aliphatic rings. The SMILES string of the molecule is CCCCOc1ccc(C2CCC(C=CCCc3ccc(CCC)cc3)CC2)c(F)c1F. The van der Waals surface area contributed by atoms with E-state index in [1.54, 1.807) is 12.1 Å². The van der Waals surface area contributed by atoms with Crippen molar-refractivity contribution in [1.29, 1.82) is 0 Å². The van der Waals surface area contributed by atoms with Gasteiger partial charge in [0.25, 0.3) is 0 Å². The summed E-state index contributed by atoms with van der Waals surface area (Å²) in [5.41, 5.74) is 3.32. The Balaban J connectivity index is 1.45.